The molecule has 0 aliphatic rings. The number of carbonyl (C=O) groups is 1. The van der Waals surface area contributed by atoms with E-state index in [9.17, 15) is 4.79 Å². The van der Waals surface area contributed by atoms with Gasteiger partial charge in [-0.2, -0.15) is 5.26 Å². The number of aromatic nitrogens is 2. The van der Waals surface area contributed by atoms with Crippen molar-refractivity contribution in [1.29, 1.82) is 5.26 Å². The van der Waals surface area contributed by atoms with Gasteiger partial charge in [-0.25, -0.2) is 4.98 Å². The van der Waals surface area contributed by atoms with Gasteiger partial charge >= 0.3 is 0 Å². The molecule has 0 bridgehead atoms. The molecule has 96 valence electrons. The van der Waals surface area contributed by atoms with Crippen molar-refractivity contribution in [1.82, 2.24) is 9.55 Å². The van der Waals surface area contributed by atoms with Crippen LogP contribution in [0.1, 0.15) is 23.1 Å². The number of ether oxygens (including phenoxy) is 1. The van der Waals surface area contributed by atoms with E-state index in [2.05, 4.69) is 4.98 Å². The number of hydrogen-bond acceptors (Lipinski definition) is 4. The quantitative estimate of drug-likeness (QED) is 0.767. The summed E-state index contributed by atoms with van der Waals surface area (Å²) in [6, 6.07) is 8.89. The maximum atomic E-state index is 12.1. The number of carbonyl (C=O) groups excluding carboxylic acids is 1. The highest BCUT2D eigenvalue weighted by molar-refractivity contribution is 5.96. The molecule has 0 amide bonds. The molecule has 0 aliphatic heterocycles. The molecular formula is C14H13N3O2. The Morgan fingerprint density at radius 3 is 2.79 bits per heavy atom. The van der Waals surface area contributed by atoms with E-state index in [0.717, 1.165) is 5.75 Å². The van der Waals surface area contributed by atoms with Gasteiger partial charge in [-0.1, -0.05) is 0 Å². The van der Waals surface area contributed by atoms with Crippen molar-refractivity contribution in [2.45, 2.75) is 13.5 Å². The molecule has 5 nitrogen and oxygen atoms in total. The Labute approximate surface area is 111 Å². The third-order valence-electron chi connectivity index (χ3n) is 2.62. The molecule has 2 aromatic rings. The molecule has 0 N–H and O–H groups in total. The molecule has 19 heavy (non-hydrogen) atoms. The smallest absolute Gasteiger partial charge is 0.213 e. The minimum atomic E-state index is -0.0717. The lowest BCUT2D eigenvalue weighted by molar-refractivity contribution is 0.0971. The van der Waals surface area contributed by atoms with Crippen LogP contribution in [0.5, 0.6) is 5.75 Å². The van der Waals surface area contributed by atoms with Crippen molar-refractivity contribution in [2.24, 2.45) is 0 Å². The molecule has 1 heterocycles. The molecule has 1 aromatic heterocycles. The minimum absolute atomic E-state index is 0.0717. The Morgan fingerprint density at radius 2 is 2.16 bits per heavy atom. The van der Waals surface area contributed by atoms with Gasteiger partial charge in [0.2, 0.25) is 5.82 Å². The number of ketones is 1. The van der Waals surface area contributed by atoms with Crippen molar-refractivity contribution in [3.8, 4) is 11.8 Å². The van der Waals surface area contributed by atoms with E-state index in [1.165, 1.54) is 10.8 Å². The Balaban J connectivity index is 2.10. The van der Waals surface area contributed by atoms with Crippen molar-refractivity contribution in [3.63, 3.8) is 0 Å². The van der Waals surface area contributed by atoms with Crippen LogP contribution >= 0.6 is 0 Å². The number of rotatable bonds is 5. The molecule has 0 unspecified atom stereocenters. The number of nitriles is 1. The van der Waals surface area contributed by atoms with Crippen LogP contribution in [0.3, 0.4) is 0 Å². The van der Waals surface area contributed by atoms with Crippen LogP contribution in [-0.2, 0) is 6.54 Å². The van der Waals surface area contributed by atoms with E-state index in [0.29, 0.717) is 12.2 Å². The van der Waals surface area contributed by atoms with Crippen LogP contribution in [0.4, 0.5) is 0 Å². The topological polar surface area (TPSA) is 67.9 Å². The average Bonchev–Trinajstić information content (AvgIpc) is 2.87. The first kappa shape index (κ1) is 12.8. The number of Topliss-reactive ketones (excluding diaryl/α,β-unsaturated/α-hetero) is 1. The van der Waals surface area contributed by atoms with E-state index in [-0.39, 0.29) is 18.2 Å². The van der Waals surface area contributed by atoms with Crippen LogP contribution in [0.25, 0.3) is 0 Å². The highest BCUT2D eigenvalue weighted by Crippen LogP contribution is 2.13. The monoisotopic (exact) mass is 255 g/mol. The van der Waals surface area contributed by atoms with E-state index in [1.807, 2.05) is 13.0 Å². The fraction of sp³-hybridized carbons (Fsp3) is 0.214. The first-order valence-corrected chi connectivity index (χ1v) is 5.92. The summed E-state index contributed by atoms with van der Waals surface area (Å²) >= 11 is 0. The lowest BCUT2D eigenvalue weighted by atomic mass is 10.1. The van der Waals surface area contributed by atoms with Gasteiger partial charge in [-0.15, -0.1) is 0 Å². The molecule has 0 saturated carbocycles. The molecular weight excluding hydrogens is 242 g/mol. The van der Waals surface area contributed by atoms with Crippen LogP contribution in [-0.4, -0.2) is 21.9 Å². The number of hydrogen-bond donors (Lipinski definition) is 0. The highest BCUT2D eigenvalue weighted by Gasteiger charge is 2.09. The summed E-state index contributed by atoms with van der Waals surface area (Å²) in [5.74, 6) is 0.899. The largest absolute Gasteiger partial charge is 0.494 e. The summed E-state index contributed by atoms with van der Waals surface area (Å²) in [7, 11) is 0. The number of benzene rings is 1. The normalized spacial score (nSPS) is 9.89. The molecule has 0 spiro atoms. The van der Waals surface area contributed by atoms with Crippen molar-refractivity contribution < 1.29 is 9.53 Å². The van der Waals surface area contributed by atoms with Gasteiger partial charge in [0, 0.05) is 18.0 Å². The van der Waals surface area contributed by atoms with Gasteiger partial charge < -0.3 is 9.30 Å². The van der Waals surface area contributed by atoms with Crippen molar-refractivity contribution in [2.75, 3.05) is 6.61 Å². The fourth-order valence-corrected chi connectivity index (χ4v) is 1.70. The average molecular weight is 255 g/mol. The summed E-state index contributed by atoms with van der Waals surface area (Å²) in [4.78, 5) is 15.9. The minimum Gasteiger partial charge on any atom is -0.494 e. The zero-order valence-electron chi connectivity index (χ0n) is 10.5. The summed E-state index contributed by atoms with van der Waals surface area (Å²) in [5.41, 5.74) is 0.584. The molecule has 5 heteroatoms. The standard InChI is InChI=1S/C14H13N3O2/c1-2-19-12-5-3-11(4-6-12)13(18)10-17-8-7-16-14(17)9-15/h3-8H,2,10H2,1H3. The third kappa shape index (κ3) is 2.99. The van der Waals surface area contributed by atoms with Gasteiger partial charge in [-0.05, 0) is 31.2 Å². The van der Waals surface area contributed by atoms with Gasteiger partial charge in [0.05, 0.1) is 13.2 Å². The van der Waals surface area contributed by atoms with Gasteiger partial charge in [0.1, 0.15) is 11.8 Å². The fourth-order valence-electron chi connectivity index (χ4n) is 1.70. The van der Waals surface area contributed by atoms with Gasteiger partial charge in [0.15, 0.2) is 5.78 Å². The molecule has 0 aliphatic carbocycles. The predicted molar refractivity (Wildman–Crippen MR) is 68.9 cm³/mol. The molecule has 0 radical (unpaired) electrons. The first-order valence-electron chi connectivity index (χ1n) is 5.92. The summed E-state index contributed by atoms with van der Waals surface area (Å²) in [6.07, 6.45) is 3.12. The number of imidazole rings is 1. The molecule has 0 saturated heterocycles. The third-order valence-corrected chi connectivity index (χ3v) is 2.62. The van der Waals surface area contributed by atoms with E-state index in [4.69, 9.17) is 10.00 Å². The number of nitrogens with zero attached hydrogens (tertiary/aromatic N) is 3. The summed E-state index contributed by atoms with van der Waals surface area (Å²) in [6.45, 7) is 2.60. The second-order valence-corrected chi connectivity index (χ2v) is 3.87. The molecule has 1 aromatic carbocycles. The van der Waals surface area contributed by atoms with E-state index >= 15 is 0 Å². The molecule has 0 atom stereocenters. The lowest BCUT2D eigenvalue weighted by Crippen LogP contribution is -2.11. The Morgan fingerprint density at radius 1 is 1.42 bits per heavy atom. The summed E-state index contributed by atoms with van der Waals surface area (Å²) in [5, 5.41) is 8.83. The highest BCUT2D eigenvalue weighted by atomic mass is 16.5. The van der Waals surface area contributed by atoms with Crippen LogP contribution < -0.4 is 4.74 Å². The Bertz CT molecular complexity index is 608. The molecule has 0 fully saturated rings. The SMILES string of the molecule is CCOc1ccc(C(=O)Cn2ccnc2C#N)cc1. The Hall–Kier alpha value is -2.61. The maximum absolute atomic E-state index is 12.1. The van der Waals surface area contributed by atoms with Crippen molar-refractivity contribution in [3.05, 3.63) is 48.0 Å². The lowest BCUT2D eigenvalue weighted by Gasteiger charge is -2.05. The van der Waals surface area contributed by atoms with Gasteiger partial charge in [0.25, 0.3) is 0 Å². The van der Waals surface area contributed by atoms with Crippen LogP contribution in [0, 0.1) is 11.3 Å². The van der Waals surface area contributed by atoms with Crippen molar-refractivity contribution >= 4 is 5.78 Å². The summed E-state index contributed by atoms with van der Waals surface area (Å²) < 4.78 is 6.84. The zero-order chi connectivity index (χ0) is 13.7. The predicted octanol–water partition coefficient (Wildman–Crippen LogP) is 2.04. The van der Waals surface area contributed by atoms with Crippen LogP contribution in [0.2, 0.25) is 0 Å². The second-order valence-electron chi connectivity index (χ2n) is 3.87. The van der Waals surface area contributed by atoms with E-state index in [1.54, 1.807) is 30.5 Å². The maximum Gasteiger partial charge on any atom is 0.213 e. The van der Waals surface area contributed by atoms with Crippen LogP contribution in [0.15, 0.2) is 36.7 Å². The Kier molecular flexibility index (Phi) is 3.94. The zero-order valence-corrected chi connectivity index (χ0v) is 10.5. The van der Waals surface area contributed by atoms with E-state index < -0.39 is 0 Å². The second kappa shape index (κ2) is 5.83. The molecule has 2 rings (SSSR count). The van der Waals surface area contributed by atoms with Gasteiger partial charge in [-0.3, -0.25) is 4.79 Å². The first-order chi connectivity index (χ1) is 9.24.